The standard InChI is InChI=1S/C23H15ClF3N3/c24-19-7-4-14(5-8-19)18-11-20(30-21(12-18)23(25,26)27)16-3-1-2-15(10-16)17-6-9-22(28)29-13-17/h1-13H,(H2,28,29). The van der Waals surface area contributed by atoms with Crippen molar-refractivity contribution < 1.29 is 13.2 Å². The van der Waals surface area contributed by atoms with Crippen molar-refractivity contribution in [3.63, 3.8) is 0 Å². The molecular weight excluding hydrogens is 411 g/mol. The molecule has 4 rings (SSSR count). The maximum absolute atomic E-state index is 13.5. The fourth-order valence-corrected chi connectivity index (χ4v) is 3.19. The fraction of sp³-hybridized carbons (Fsp3) is 0.0435. The van der Waals surface area contributed by atoms with Crippen molar-refractivity contribution in [2.45, 2.75) is 6.18 Å². The van der Waals surface area contributed by atoms with Gasteiger partial charge in [-0.3, -0.25) is 0 Å². The number of alkyl halides is 3. The molecule has 3 nitrogen and oxygen atoms in total. The lowest BCUT2D eigenvalue weighted by molar-refractivity contribution is -0.141. The average molecular weight is 426 g/mol. The van der Waals surface area contributed by atoms with Crippen LogP contribution in [-0.2, 0) is 6.18 Å². The van der Waals surface area contributed by atoms with Crippen molar-refractivity contribution in [2.75, 3.05) is 5.73 Å². The van der Waals surface area contributed by atoms with E-state index in [-0.39, 0.29) is 5.69 Å². The minimum atomic E-state index is -4.57. The number of nitrogens with zero attached hydrogens (tertiary/aromatic N) is 2. The first-order chi connectivity index (χ1) is 14.3. The number of nitrogens with two attached hydrogens (primary N) is 1. The Balaban J connectivity index is 1.84. The van der Waals surface area contributed by atoms with Crippen molar-refractivity contribution >= 4 is 17.4 Å². The van der Waals surface area contributed by atoms with Gasteiger partial charge in [-0.25, -0.2) is 9.97 Å². The summed E-state index contributed by atoms with van der Waals surface area (Å²) < 4.78 is 40.6. The molecule has 0 fully saturated rings. The molecule has 2 N–H and O–H groups in total. The number of nitrogen functional groups attached to an aromatic ring is 1. The highest BCUT2D eigenvalue weighted by molar-refractivity contribution is 6.30. The number of hydrogen-bond acceptors (Lipinski definition) is 3. The van der Waals surface area contributed by atoms with Gasteiger partial charge in [0.1, 0.15) is 11.5 Å². The first-order valence-electron chi connectivity index (χ1n) is 8.97. The van der Waals surface area contributed by atoms with Crippen LogP contribution in [0, 0.1) is 0 Å². The van der Waals surface area contributed by atoms with Crippen LogP contribution in [0.3, 0.4) is 0 Å². The molecule has 150 valence electrons. The number of halogens is 4. The molecular formula is C23H15ClF3N3. The summed E-state index contributed by atoms with van der Waals surface area (Å²) in [6.07, 6.45) is -2.96. The van der Waals surface area contributed by atoms with Crippen molar-refractivity contribution in [1.29, 1.82) is 0 Å². The quantitative estimate of drug-likeness (QED) is 0.396. The summed E-state index contributed by atoms with van der Waals surface area (Å²) in [7, 11) is 0. The van der Waals surface area contributed by atoms with Gasteiger partial charge in [0.05, 0.1) is 5.69 Å². The molecule has 0 spiro atoms. The number of aromatic nitrogens is 2. The lowest BCUT2D eigenvalue weighted by atomic mass is 9.99. The molecule has 4 aromatic rings. The van der Waals surface area contributed by atoms with E-state index in [0.717, 1.165) is 17.2 Å². The molecule has 0 saturated heterocycles. The van der Waals surface area contributed by atoms with E-state index in [1.165, 1.54) is 0 Å². The Labute approximate surface area is 176 Å². The first-order valence-corrected chi connectivity index (χ1v) is 9.35. The van der Waals surface area contributed by atoms with E-state index < -0.39 is 11.9 Å². The zero-order chi connectivity index (χ0) is 21.3. The Bertz CT molecular complexity index is 1190. The number of rotatable bonds is 3. The summed E-state index contributed by atoms with van der Waals surface area (Å²) in [6, 6.07) is 19.9. The summed E-state index contributed by atoms with van der Waals surface area (Å²) in [4.78, 5) is 7.95. The van der Waals surface area contributed by atoms with E-state index in [4.69, 9.17) is 17.3 Å². The van der Waals surface area contributed by atoms with Gasteiger partial charge in [-0.05, 0) is 59.2 Å². The number of anilines is 1. The van der Waals surface area contributed by atoms with E-state index in [9.17, 15) is 13.2 Å². The Morgan fingerprint density at radius 2 is 1.43 bits per heavy atom. The van der Waals surface area contributed by atoms with Crippen LogP contribution < -0.4 is 5.73 Å². The highest BCUT2D eigenvalue weighted by Crippen LogP contribution is 2.35. The molecule has 2 heterocycles. The molecule has 30 heavy (non-hydrogen) atoms. The van der Waals surface area contributed by atoms with Gasteiger partial charge in [-0.15, -0.1) is 0 Å². The molecule has 7 heteroatoms. The molecule has 2 aromatic heterocycles. The monoisotopic (exact) mass is 425 g/mol. The van der Waals surface area contributed by atoms with Crippen LogP contribution in [0.5, 0.6) is 0 Å². The predicted octanol–water partition coefficient (Wildman–Crippen LogP) is 6.73. The van der Waals surface area contributed by atoms with Gasteiger partial charge in [0.25, 0.3) is 0 Å². The predicted molar refractivity (Wildman–Crippen MR) is 113 cm³/mol. The van der Waals surface area contributed by atoms with Gasteiger partial charge >= 0.3 is 6.18 Å². The van der Waals surface area contributed by atoms with Crippen molar-refractivity contribution in [3.8, 4) is 33.5 Å². The Kier molecular flexibility index (Phi) is 5.18. The van der Waals surface area contributed by atoms with Crippen LogP contribution >= 0.6 is 11.6 Å². The number of pyridine rings is 2. The van der Waals surface area contributed by atoms with Crippen LogP contribution in [0.2, 0.25) is 5.02 Å². The second-order valence-electron chi connectivity index (χ2n) is 6.68. The maximum Gasteiger partial charge on any atom is 0.433 e. The molecule has 0 saturated carbocycles. The summed E-state index contributed by atoms with van der Waals surface area (Å²) in [5, 5.41) is 0.508. The SMILES string of the molecule is Nc1ccc(-c2cccc(-c3cc(-c4ccc(Cl)cc4)cc(C(F)(F)F)n3)c2)cn1. The second-order valence-corrected chi connectivity index (χ2v) is 7.12. The van der Waals surface area contributed by atoms with Crippen LogP contribution in [-0.4, -0.2) is 9.97 Å². The largest absolute Gasteiger partial charge is 0.433 e. The maximum atomic E-state index is 13.5. The van der Waals surface area contributed by atoms with Gasteiger partial charge in [0, 0.05) is 22.3 Å². The third kappa shape index (κ3) is 4.28. The van der Waals surface area contributed by atoms with E-state index in [2.05, 4.69) is 9.97 Å². The number of hydrogen-bond donors (Lipinski definition) is 1. The fourth-order valence-electron chi connectivity index (χ4n) is 3.07. The third-order valence-electron chi connectivity index (χ3n) is 4.57. The lowest BCUT2D eigenvalue weighted by Gasteiger charge is -2.13. The molecule has 0 atom stereocenters. The second kappa shape index (κ2) is 7.80. The van der Waals surface area contributed by atoms with Crippen molar-refractivity contribution in [3.05, 3.63) is 89.7 Å². The normalized spacial score (nSPS) is 11.5. The number of benzene rings is 2. The van der Waals surface area contributed by atoms with E-state index >= 15 is 0 Å². The summed E-state index contributed by atoms with van der Waals surface area (Å²) in [6.45, 7) is 0. The third-order valence-corrected chi connectivity index (χ3v) is 4.82. The minimum Gasteiger partial charge on any atom is -0.384 e. The van der Waals surface area contributed by atoms with E-state index in [1.54, 1.807) is 66.9 Å². The van der Waals surface area contributed by atoms with Crippen molar-refractivity contribution in [2.24, 2.45) is 0 Å². The van der Waals surface area contributed by atoms with Crippen molar-refractivity contribution in [1.82, 2.24) is 9.97 Å². The molecule has 0 radical (unpaired) electrons. The topological polar surface area (TPSA) is 51.8 Å². The van der Waals surface area contributed by atoms with Crippen LogP contribution in [0.25, 0.3) is 33.5 Å². The van der Waals surface area contributed by atoms with Gasteiger partial charge in [-0.1, -0.05) is 41.9 Å². The summed E-state index contributed by atoms with van der Waals surface area (Å²) >= 11 is 5.91. The summed E-state index contributed by atoms with van der Waals surface area (Å²) in [5.41, 5.74) is 8.08. The Morgan fingerprint density at radius 3 is 2.10 bits per heavy atom. The van der Waals surface area contributed by atoms with Crippen LogP contribution in [0.1, 0.15) is 5.69 Å². The van der Waals surface area contributed by atoms with Gasteiger partial charge in [-0.2, -0.15) is 13.2 Å². The molecule has 0 amide bonds. The molecule has 0 aliphatic rings. The molecule has 0 unspecified atom stereocenters. The van der Waals surface area contributed by atoms with Crippen LogP contribution in [0.4, 0.5) is 19.0 Å². The Hall–Kier alpha value is -3.38. The van der Waals surface area contributed by atoms with E-state index in [1.807, 2.05) is 6.07 Å². The van der Waals surface area contributed by atoms with Crippen LogP contribution in [0.15, 0.2) is 79.0 Å². The minimum absolute atomic E-state index is 0.222. The smallest absolute Gasteiger partial charge is 0.384 e. The summed E-state index contributed by atoms with van der Waals surface area (Å²) in [5.74, 6) is 0.391. The average Bonchev–Trinajstić information content (AvgIpc) is 2.74. The molecule has 0 bridgehead atoms. The van der Waals surface area contributed by atoms with Gasteiger partial charge < -0.3 is 5.73 Å². The van der Waals surface area contributed by atoms with E-state index in [0.29, 0.717) is 27.5 Å². The zero-order valence-corrected chi connectivity index (χ0v) is 16.2. The van der Waals surface area contributed by atoms with Gasteiger partial charge in [0.2, 0.25) is 0 Å². The molecule has 2 aromatic carbocycles. The molecule has 0 aliphatic heterocycles. The highest BCUT2D eigenvalue weighted by Gasteiger charge is 2.33. The lowest BCUT2D eigenvalue weighted by Crippen LogP contribution is -2.09. The molecule has 0 aliphatic carbocycles. The zero-order valence-electron chi connectivity index (χ0n) is 15.5. The first kappa shape index (κ1) is 19.9. The Morgan fingerprint density at radius 1 is 0.733 bits per heavy atom. The highest BCUT2D eigenvalue weighted by atomic mass is 35.5. The van der Waals surface area contributed by atoms with Gasteiger partial charge in [0.15, 0.2) is 0 Å².